The van der Waals surface area contributed by atoms with Gasteiger partial charge in [0.1, 0.15) is 5.75 Å². The van der Waals surface area contributed by atoms with E-state index in [2.05, 4.69) is 21.2 Å². The molecule has 1 aliphatic carbocycles. The highest BCUT2D eigenvalue weighted by molar-refractivity contribution is 9.10. The molecule has 1 amide bonds. The molecule has 19 heavy (non-hydrogen) atoms. The number of hydrogen-bond acceptors (Lipinski definition) is 3. The van der Waals surface area contributed by atoms with Crippen LogP contribution in [0.25, 0.3) is 0 Å². The second-order valence-electron chi connectivity index (χ2n) is 4.77. The van der Waals surface area contributed by atoms with Crippen molar-refractivity contribution in [2.75, 3.05) is 6.61 Å². The van der Waals surface area contributed by atoms with Gasteiger partial charge in [-0.15, -0.1) is 0 Å². The van der Waals surface area contributed by atoms with E-state index in [9.17, 15) is 9.90 Å². The number of ether oxygens (including phenoxy) is 1. The number of amides is 1. The van der Waals surface area contributed by atoms with Crippen molar-refractivity contribution in [2.45, 2.75) is 37.8 Å². The van der Waals surface area contributed by atoms with Crippen molar-refractivity contribution in [3.63, 3.8) is 0 Å². The normalized spacial score (nSPS) is 22.8. The van der Waals surface area contributed by atoms with Crippen LogP contribution in [0.15, 0.2) is 28.7 Å². The summed E-state index contributed by atoms with van der Waals surface area (Å²) in [4.78, 5) is 11.7. The minimum Gasteiger partial charge on any atom is -0.484 e. The molecule has 0 aliphatic heterocycles. The van der Waals surface area contributed by atoms with Crippen LogP contribution in [-0.2, 0) is 4.79 Å². The maximum Gasteiger partial charge on any atom is 0.258 e. The van der Waals surface area contributed by atoms with Crippen molar-refractivity contribution in [3.8, 4) is 5.75 Å². The van der Waals surface area contributed by atoms with Crippen LogP contribution in [0.4, 0.5) is 0 Å². The second kappa shape index (κ2) is 6.91. The molecule has 0 saturated heterocycles. The SMILES string of the molecule is O=C(COc1ccc(Br)cc1)N[C@@H]1CCCC[C@H]1O. The third-order valence-electron chi connectivity index (χ3n) is 3.26. The topological polar surface area (TPSA) is 58.6 Å². The minimum absolute atomic E-state index is 0.0230. The van der Waals surface area contributed by atoms with Crippen LogP contribution in [0.3, 0.4) is 0 Å². The quantitative estimate of drug-likeness (QED) is 0.891. The lowest BCUT2D eigenvalue weighted by Gasteiger charge is -2.28. The van der Waals surface area contributed by atoms with Gasteiger partial charge in [0, 0.05) is 4.47 Å². The standard InChI is InChI=1S/C14H18BrNO3/c15-10-5-7-11(8-6-10)19-9-14(18)16-12-3-1-2-4-13(12)17/h5-8,12-13,17H,1-4,9H2,(H,16,18)/t12-,13-/m1/s1. The number of halogens is 1. The molecule has 1 aromatic carbocycles. The first-order chi connectivity index (χ1) is 9.15. The first kappa shape index (κ1) is 14.3. The van der Waals surface area contributed by atoms with E-state index in [1.165, 1.54) is 0 Å². The Labute approximate surface area is 121 Å². The fraction of sp³-hybridized carbons (Fsp3) is 0.500. The largest absolute Gasteiger partial charge is 0.484 e. The molecule has 1 saturated carbocycles. The fourth-order valence-electron chi connectivity index (χ4n) is 2.21. The van der Waals surface area contributed by atoms with Crippen molar-refractivity contribution in [1.29, 1.82) is 0 Å². The zero-order valence-corrected chi connectivity index (χ0v) is 12.2. The number of benzene rings is 1. The van der Waals surface area contributed by atoms with E-state index in [0.717, 1.165) is 30.2 Å². The van der Waals surface area contributed by atoms with Crippen LogP contribution in [0, 0.1) is 0 Å². The predicted molar refractivity (Wildman–Crippen MR) is 76.0 cm³/mol. The summed E-state index contributed by atoms with van der Waals surface area (Å²) >= 11 is 3.34. The van der Waals surface area contributed by atoms with Crippen molar-refractivity contribution in [3.05, 3.63) is 28.7 Å². The minimum atomic E-state index is -0.426. The van der Waals surface area contributed by atoms with E-state index >= 15 is 0 Å². The Hall–Kier alpha value is -1.07. The Kier molecular flexibility index (Phi) is 5.22. The van der Waals surface area contributed by atoms with Gasteiger partial charge in [-0.3, -0.25) is 4.79 Å². The van der Waals surface area contributed by atoms with E-state index < -0.39 is 6.10 Å². The van der Waals surface area contributed by atoms with E-state index in [4.69, 9.17) is 4.74 Å². The lowest BCUT2D eigenvalue weighted by Crippen LogP contribution is -2.46. The Bertz CT molecular complexity index is 421. The molecule has 0 unspecified atom stereocenters. The molecule has 4 nitrogen and oxygen atoms in total. The monoisotopic (exact) mass is 327 g/mol. The highest BCUT2D eigenvalue weighted by Crippen LogP contribution is 2.18. The smallest absolute Gasteiger partial charge is 0.258 e. The summed E-state index contributed by atoms with van der Waals surface area (Å²) in [6.07, 6.45) is 3.26. The summed E-state index contributed by atoms with van der Waals surface area (Å²) in [6, 6.07) is 7.19. The van der Waals surface area contributed by atoms with Gasteiger partial charge < -0.3 is 15.2 Å². The number of carbonyl (C=O) groups excluding carboxylic acids is 1. The molecule has 104 valence electrons. The third kappa shape index (κ3) is 4.51. The van der Waals surface area contributed by atoms with Gasteiger partial charge >= 0.3 is 0 Å². The summed E-state index contributed by atoms with van der Waals surface area (Å²) in [5.74, 6) is 0.469. The first-order valence-corrected chi connectivity index (χ1v) is 7.30. The Morgan fingerprint density at radius 2 is 2.00 bits per heavy atom. The molecule has 0 aromatic heterocycles. The molecule has 1 aliphatic rings. The highest BCUT2D eigenvalue weighted by atomic mass is 79.9. The molecule has 2 rings (SSSR count). The van der Waals surface area contributed by atoms with Gasteiger partial charge in [0.2, 0.25) is 0 Å². The molecule has 1 aromatic rings. The van der Waals surface area contributed by atoms with Crippen LogP contribution in [-0.4, -0.2) is 29.8 Å². The average molecular weight is 328 g/mol. The highest BCUT2D eigenvalue weighted by Gasteiger charge is 2.24. The van der Waals surface area contributed by atoms with Gasteiger partial charge in [0.15, 0.2) is 6.61 Å². The van der Waals surface area contributed by atoms with Crippen LogP contribution in [0.1, 0.15) is 25.7 Å². The lowest BCUT2D eigenvalue weighted by atomic mass is 9.92. The number of aliphatic hydroxyl groups excluding tert-OH is 1. The van der Waals surface area contributed by atoms with E-state index in [0.29, 0.717) is 5.75 Å². The van der Waals surface area contributed by atoms with Crippen molar-refractivity contribution >= 4 is 21.8 Å². The summed E-state index contributed by atoms with van der Waals surface area (Å²) < 4.78 is 6.35. The van der Waals surface area contributed by atoms with Crippen LogP contribution >= 0.6 is 15.9 Å². The summed E-state index contributed by atoms with van der Waals surface area (Å²) in [5.41, 5.74) is 0. The Balaban J connectivity index is 1.76. The Morgan fingerprint density at radius 3 is 2.68 bits per heavy atom. The molecular formula is C14H18BrNO3. The number of nitrogens with one attached hydrogen (secondary N) is 1. The molecule has 5 heteroatoms. The van der Waals surface area contributed by atoms with Crippen molar-refractivity contribution < 1.29 is 14.6 Å². The molecular weight excluding hydrogens is 310 g/mol. The summed E-state index contributed by atoms with van der Waals surface area (Å²) in [5, 5.41) is 12.6. The molecule has 0 spiro atoms. The van der Waals surface area contributed by atoms with Crippen LogP contribution in [0.5, 0.6) is 5.75 Å². The maximum absolute atomic E-state index is 11.7. The van der Waals surface area contributed by atoms with E-state index in [1.807, 2.05) is 12.1 Å². The third-order valence-corrected chi connectivity index (χ3v) is 3.79. The molecule has 2 N–H and O–H groups in total. The zero-order chi connectivity index (χ0) is 13.7. The summed E-state index contributed by atoms with van der Waals surface area (Å²) in [7, 11) is 0. The molecule has 2 atom stereocenters. The predicted octanol–water partition coefficient (Wildman–Crippen LogP) is 2.25. The van der Waals surface area contributed by atoms with Crippen LogP contribution < -0.4 is 10.1 Å². The van der Waals surface area contributed by atoms with Crippen molar-refractivity contribution in [1.82, 2.24) is 5.32 Å². The molecule has 1 fully saturated rings. The second-order valence-corrected chi connectivity index (χ2v) is 5.68. The lowest BCUT2D eigenvalue weighted by molar-refractivity contribution is -0.125. The zero-order valence-electron chi connectivity index (χ0n) is 10.6. The van der Waals surface area contributed by atoms with Gasteiger partial charge in [0.05, 0.1) is 12.1 Å². The average Bonchev–Trinajstić information content (AvgIpc) is 2.41. The Morgan fingerprint density at radius 1 is 1.32 bits per heavy atom. The van der Waals surface area contributed by atoms with Crippen molar-refractivity contribution in [2.24, 2.45) is 0 Å². The maximum atomic E-state index is 11.7. The number of rotatable bonds is 4. The first-order valence-electron chi connectivity index (χ1n) is 6.51. The van der Waals surface area contributed by atoms with E-state index in [-0.39, 0.29) is 18.6 Å². The molecule has 0 heterocycles. The fourth-order valence-corrected chi connectivity index (χ4v) is 2.47. The van der Waals surface area contributed by atoms with Gasteiger partial charge in [0.25, 0.3) is 5.91 Å². The molecule has 0 radical (unpaired) electrons. The van der Waals surface area contributed by atoms with Gasteiger partial charge in [-0.2, -0.15) is 0 Å². The number of aliphatic hydroxyl groups is 1. The van der Waals surface area contributed by atoms with Gasteiger partial charge in [-0.25, -0.2) is 0 Å². The summed E-state index contributed by atoms with van der Waals surface area (Å²) in [6.45, 7) is -0.0230. The number of carbonyl (C=O) groups is 1. The van der Waals surface area contributed by atoms with E-state index in [1.54, 1.807) is 12.1 Å². The number of hydrogen-bond donors (Lipinski definition) is 2. The van der Waals surface area contributed by atoms with Crippen LogP contribution in [0.2, 0.25) is 0 Å². The molecule has 0 bridgehead atoms. The van der Waals surface area contributed by atoms with Gasteiger partial charge in [-0.05, 0) is 37.1 Å². The van der Waals surface area contributed by atoms with Gasteiger partial charge in [-0.1, -0.05) is 28.8 Å².